The lowest BCUT2D eigenvalue weighted by atomic mass is 10.1. The monoisotopic (exact) mass is 240 g/mol. The molecule has 92 valence electrons. The number of benzene rings is 1. The van der Waals surface area contributed by atoms with Crippen LogP contribution in [0, 0.1) is 0 Å². The van der Waals surface area contributed by atoms with Crippen molar-refractivity contribution < 1.29 is 0 Å². The maximum Gasteiger partial charge on any atom is 0.115 e. The molecule has 2 heterocycles. The second-order valence-corrected chi connectivity index (χ2v) is 4.43. The van der Waals surface area contributed by atoms with Gasteiger partial charge in [0.2, 0.25) is 0 Å². The van der Waals surface area contributed by atoms with Gasteiger partial charge in [0.1, 0.15) is 6.33 Å². The number of hydrogen-bond acceptors (Lipinski definition) is 4. The van der Waals surface area contributed by atoms with Gasteiger partial charge in [-0.3, -0.25) is 0 Å². The second kappa shape index (κ2) is 5.14. The molecule has 1 aromatic heterocycles. The number of anilines is 1. The van der Waals surface area contributed by atoms with Crippen LogP contribution >= 0.6 is 0 Å². The van der Waals surface area contributed by atoms with Crippen LogP contribution in [-0.2, 0) is 19.5 Å². The first-order chi connectivity index (χ1) is 8.93. The predicted octanol–water partition coefficient (Wildman–Crippen LogP) is 1.73. The summed E-state index contributed by atoms with van der Waals surface area (Å²) in [6, 6.07) is 8.43. The van der Waals surface area contributed by atoms with E-state index in [-0.39, 0.29) is 0 Å². The van der Waals surface area contributed by atoms with Crippen molar-refractivity contribution in [3.63, 3.8) is 0 Å². The summed E-state index contributed by atoms with van der Waals surface area (Å²) in [4.78, 5) is 8.10. The summed E-state index contributed by atoms with van der Waals surface area (Å²) in [7, 11) is 0. The first kappa shape index (κ1) is 11.2. The minimum absolute atomic E-state index is 0.770. The van der Waals surface area contributed by atoms with Crippen molar-refractivity contribution in [3.8, 4) is 0 Å². The normalized spacial score (nSPS) is 13.1. The van der Waals surface area contributed by atoms with E-state index in [0.717, 1.165) is 31.7 Å². The minimum atomic E-state index is 0.770. The fraction of sp³-hybridized carbons (Fsp3) is 0.286. The zero-order valence-corrected chi connectivity index (χ0v) is 10.2. The Balaban J connectivity index is 1.63. The molecule has 0 spiro atoms. The Hall–Kier alpha value is -1.94. The maximum absolute atomic E-state index is 4.19. The van der Waals surface area contributed by atoms with Gasteiger partial charge in [0.05, 0.1) is 5.69 Å². The molecule has 1 aliphatic rings. The van der Waals surface area contributed by atoms with Gasteiger partial charge >= 0.3 is 0 Å². The zero-order valence-electron chi connectivity index (χ0n) is 10.2. The number of para-hydroxylation sites is 1. The lowest BCUT2D eigenvalue weighted by Gasteiger charge is -2.09. The third-order valence-electron chi connectivity index (χ3n) is 3.20. The molecular formula is C14H16N4. The smallest absolute Gasteiger partial charge is 0.115 e. The van der Waals surface area contributed by atoms with E-state index in [9.17, 15) is 0 Å². The Morgan fingerprint density at radius 1 is 1.22 bits per heavy atom. The summed E-state index contributed by atoms with van der Waals surface area (Å²) in [6.45, 7) is 2.69. The molecule has 4 heteroatoms. The van der Waals surface area contributed by atoms with Crippen LogP contribution in [0.3, 0.4) is 0 Å². The summed E-state index contributed by atoms with van der Waals surface area (Å²) < 4.78 is 0. The molecule has 0 fully saturated rings. The third kappa shape index (κ3) is 2.33. The van der Waals surface area contributed by atoms with E-state index in [0.29, 0.717) is 0 Å². The highest BCUT2D eigenvalue weighted by atomic mass is 14.9. The molecule has 0 atom stereocenters. The van der Waals surface area contributed by atoms with Crippen molar-refractivity contribution in [2.45, 2.75) is 19.5 Å². The van der Waals surface area contributed by atoms with E-state index in [1.54, 1.807) is 12.5 Å². The third-order valence-corrected chi connectivity index (χ3v) is 3.20. The molecule has 1 aromatic carbocycles. The Morgan fingerprint density at radius 3 is 3.11 bits per heavy atom. The molecule has 0 radical (unpaired) electrons. The SMILES string of the molecule is c1cc2c(c(CNCc3ccncn3)c1)NCC2. The number of rotatable bonds is 4. The Labute approximate surface area is 106 Å². The number of hydrogen-bond donors (Lipinski definition) is 2. The molecule has 3 rings (SSSR count). The number of nitrogens with one attached hydrogen (secondary N) is 2. The van der Waals surface area contributed by atoms with Crippen LogP contribution in [0.25, 0.3) is 0 Å². The molecule has 0 bridgehead atoms. The molecule has 0 unspecified atom stereocenters. The fourth-order valence-electron chi connectivity index (χ4n) is 2.31. The van der Waals surface area contributed by atoms with Crippen molar-refractivity contribution in [1.29, 1.82) is 0 Å². The van der Waals surface area contributed by atoms with Gasteiger partial charge in [0.15, 0.2) is 0 Å². The molecule has 2 aromatic rings. The highest BCUT2D eigenvalue weighted by molar-refractivity contribution is 5.61. The maximum atomic E-state index is 4.19. The van der Waals surface area contributed by atoms with Crippen LogP contribution in [0.2, 0.25) is 0 Å². The van der Waals surface area contributed by atoms with E-state index in [1.807, 2.05) is 6.07 Å². The lowest BCUT2D eigenvalue weighted by molar-refractivity contribution is 0.678. The number of aromatic nitrogens is 2. The number of nitrogens with zero attached hydrogens (tertiary/aromatic N) is 2. The summed E-state index contributed by atoms with van der Waals surface area (Å²) in [5.41, 5.74) is 5.09. The van der Waals surface area contributed by atoms with Crippen LogP contribution in [0.4, 0.5) is 5.69 Å². The van der Waals surface area contributed by atoms with Crippen LogP contribution < -0.4 is 10.6 Å². The van der Waals surface area contributed by atoms with Gasteiger partial charge in [-0.2, -0.15) is 0 Å². The molecule has 0 saturated heterocycles. The molecular weight excluding hydrogens is 224 g/mol. The van der Waals surface area contributed by atoms with Crippen molar-refractivity contribution in [2.75, 3.05) is 11.9 Å². The van der Waals surface area contributed by atoms with Crippen molar-refractivity contribution >= 4 is 5.69 Å². The first-order valence-electron chi connectivity index (χ1n) is 6.24. The first-order valence-corrected chi connectivity index (χ1v) is 6.24. The van der Waals surface area contributed by atoms with Gasteiger partial charge in [-0.25, -0.2) is 9.97 Å². The highest BCUT2D eigenvalue weighted by Gasteiger charge is 2.12. The minimum Gasteiger partial charge on any atom is -0.384 e. The average Bonchev–Trinajstić information content (AvgIpc) is 2.89. The fourth-order valence-corrected chi connectivity index (χ4v) is 2.31. The summed E-state index contributed by atoms with van der Waals surface area (Å²) >= 11 is 0. The predicted molar refractivity (Wildman–Crippen MR) is 71.2 cm³/mol. The van der Waals surface area contributed by atoms with Gasteiger partial charge in [0, 0.05) is 31.5 Å². The molecule has 0 amide bonds. The lowest BCUT2D eigenvalue weighted by Crippen LogP contribution is -2.14. The van der Waals surface area contributed by atoms with E-state index in [4.69, 9.17) is 0 Å². The Kier molecular flexibility index (Phi) is 3.19. The average molecular weight is 240 g/mol. The molecule has 2 N–H and O–H groups in total. The molecule has 0 aliphatic carbocycles. The van der Waals surface area contributed by atoms with E-state index in [2.05, 4.69) is 38.8 Å². The largest absolute Gasteiger partial charge is 0.384 e. The van der Waals surface area contributed by atoms with Crippen LogP contribution in [0.5, 0.6) is 0 Å². The molecule has 4 nitrogen and oxygen atoms in total. The standard InChI is InChI=1S/C14H16N4/c1-2-11-4-7-17-14(11)12(3-1)8-16-9-13-5-6-15-10-18-13/h1-3,5-6,10,16-17H,4,7-9H2. The molecule has 1 aliphatic heterocycles. The van der Waals surface area contributed by atoms with E-state index in [1.165, 1.54) is 16.8 Å². The Bertz CT molecular complexity index is 525. The van der Waals surface area contributed by atoms with Crippen LogP contribution in [0.15, 0.2) is 36.8 Å². The topological polar surface area (TPSA) is 49.8 Å². The van der Waals surface area contributed by atoms with Crippen molar-refractivity contribution in [2.24, 2.45) is 0 Å². The quantitative estimate of drug-likeness (QED) is 0.854. The second-order valence-electron chi connectivity index (χ2n) is 4.43. The Morgan fingerprint density at radius 2 is 2.22 bits per heavy atom. The van der Waals surface area contributed by atoms with Gasteiger partial charge in [0.25, 0.3) is 0 Å². The van der Waals surface area contributed by atoms with Gasteiger partial charge < -0.3 is 10.6 Å². The van der Waals surface area contributed by atoms with Gasteiger partial charge in [-0.15, -0.1) is 0 Å². The van der Waals surface area contributed by atoms with Crippen molar-refractivity contribution in [3.05, 3.63) is 53.6 Å². The summed E-state index contributed by atoms with van der Waals surface area (Å²) in [6.07, 6.45) is 4.49. The van der Waals surface area contributed by atoms with E-state index < -0.39 is 0 Å². The van der Waals surface area contributed by atoms with Crippen molar-refractivity contribution in [1.82, 2.24) is 15.3 Å². The zero-order chi connectivity index (χ0) is 12.2. The van der Waals surface area contributed by atoms with Gasteiger partial charge in [-0.1, -0.05) is 18.2 Å². The summed E-state index contributed by atoms with van der Waals surface area (Å²) in [5, 5.41) is 6.87. The van der Waals surface area contributed by atoms with Crippen LogP contribution in [-0.4, -0.2) is 16.5 Å². The van der Waals surface area contributed by atoms with Crippen LogP contribution in [0.1, 0.15) is 16.8 Å². The number of fused-ring (bicyclic) bond motifs is 1. The summed E-state index contributed by atoms with van der Waals surface area (Å²) in [5.74, 6) is 0. The molecule has 0 saturated carbocycles. The van der Waals surface area contributed by atoms with Gasteiger partial charge in [-0.05, 0) is 23.6 Å². The highest BCUT2D eigenvalue weighted by Crippen LogP contribution is 2.26. The molecule has 18 heavy (non-hydrogen) atoms. The van der Waals surface area contributed by atoms with E-state index >= 15 is 0 Å².